The average Bonchev–Trinajstić information content (AvgIpc) is 3.07. The average molecular weight is 555 g/mol. The molecule has 3 aromatic carbocycles. The summed E-state index contributed by atoms with van der Waals surface area (Å²) in [5.74, 6) is 0.549. The van der Waals surface area contributed by atoms with Crippen molar-refractivity contribution in [3.05, 3.63) is 96.6 Å². The van der Waals surface area contributed by atoms with Crippen LogP contribution in [0.15, 0.2) is 91.0 Å². The first-order chi connectivity index (χ1) is 19.3. The van der Waals surface area contributed by atoms with Gasteiger partial charge < -0.3 is 9.16 Å². The van der Waals surface area contributed by atoms with E-state index in [-0.39, 0.29) is 35.4 Å². The van der Waals surface area contributed by atoms with Crippen molar-refractivity contribution in [1.82, 2.24) is 9.80 Å². The number of amides is 1. The minimum atomic E-state index is -2.82. The van der Waals surface area contributed by atoms with Crippen molar-refractivity contribution in [3.63, 3.8) is 0 Å². The quantitative estimate of drug-likeness (QED) is 0.365. The van der Waals surface area contributed by atoms with Crippen LogP contribution in [0.2, 0.25) is 5.04 Å². The lowest BCUT2D eigenvalue weighted by atomic mass is 9.86. The third-order valence-corrected chi connectivity index (χ3v) is 14.4. The molecular formula is C34H42N2O3Si. The Bertz CT molecular complexity index is 1260. The van der Waals surface area contributed by atoms with Gasteiger partial charge in [0.05, 0.1) is 30.8 Å². The molecule has 5 nitrogen and oxygen atoms in total. The Labute approximate surface area is 240 Å². The fourth-order valence-corrected chi connectivity index (χ4v) is 12.6. The maximum atomic E-state index is 13.5. The molecule has 3 bridgehead atoms. The Morgan fingerprint density at radius 1 is 0.850 bits per heavy atom. The summed E-state index contributed by atoms with van der Waals surface area (Å²) < 4.78 is 13.5. The highest BCUT2D eigenvalue weighted by molar-refractivity contribution is 6.99. The van der Waals surface area contributed by atoms with Gasteiger partial charge in [0, 0.05) is 13.1 Å². The first-order valence-electron chi connectivity index (χ1n) is 14.9. The summed E-state index contributed by atoms with van der Waals surface area (Å²) in [6, 6.07) is 32.7. The molecule has 0 saturated carbocycles. The number of rotatable bonds is 7. The van der Waals surface area contributed by atoms with Crippen molar-refractivity contribution in [2.24, 2.45) is 5.92 Å². The van der Waals surface area contributed by atoms with Gasteiger partial charge in [-0.15, -0.1) is 0 Å². The molecule has 3 aliphatic heterocycles. The number of nitrogens with zero attached hydrogens (tertiary/aromatic N) is 2. The molecule has 6 rings (SSSR count). The number of carbonyl (C=O) groups excluding carboxylic acids is 1. The van der Waals surface area contributed by atoms with Crippen LogP contribution in [0.1, 0.15) is 46.1 Å². The Balaban J connectivity index is 1.48. The molecule has 210 valence electrons. The van der Waals surface area contributed by atoms with E-state index < -0.39 is 8.32 Å². The topological polar surface area (TPSA) is 42.0 Å². The van der Waals surface area contributed by atoms with Gasteiger partial charge in [-0.1, -0.05) is 112 Å². The number of carbonyl (C=O) groups is 1. The molecule has 0 N–H and O–H groups in total. The molecule has 40 heavy (non-hydrogen) atoms. The second-order valence-corrected chi connectivity index (χ2v) is 17.0. The van der Waals surface area contributed by atoms with Gasteiger partial charge in [-0.3, -0.25) is 9.80 Å². The van der Waals surface area contributed by atoms with Crippen molar-refractivity contribution in [2.75, 3.05) is 13.2 Å². The van der Waals surface area contributed by atoms with Crippen molar-refractivity contribution in [2.45, 2.75) is 76.3 Å². The van der Waals surface area contributed by atoms with Crippen LogP contribution in [-0.4, -0.2) is 61.6 Å². The van der Waals surface area contributed by atoms with Crippen LogP contribution in [0.25, 0.3) is 0 Å². The first-order valence-corrected chi connectivity index (χ1v) is 16.8. The largest absolute Gasteiger partial charge is 0.450 e. The molecule has 3 heterocycles. The van der Waals surface area contributed by atoms with Gasteiger partial charge in [0.1, 0.15) is 0 Å². The van der Waals surface area contributed by atoms with Crippen LogP contribution >= 0.6 is 0 Å². The van der Waals surface area contributed by atoms with Crippen LogP contribution < -0.4 is 10.4 Å². The fraction of sp³-hybridized carbons (Fsp3) is 0.441. The van der Waals surface area contributed by atoms with E-state index in [2.05, 4.69) is 122 Å². The molecule has 1 unspecified atom stereocenters. The summed E-state index contributed by atoms with van der Waals surface area (Å²) in [5.41, 5.74) is 1.30. The van der Waals surface area contributed by atoms with Crippen molar-refractivity contribution in [1.29, 1.82) is 0 Å². The smallest absolute Gasteiger partial charge is 0.410 e. The predicted molar refractivity (Wildman–Crippen MR) is 162 cm³/mol. The van der Waals surface area contributed by atoms with Crippen molar-refractivity contribution < 1.29 is 14.0 Å². The minimum absolute atomic E-state index is 0.00947. The molecule has 1 amide bonds. The van der Waals surface area contributed by atoms with Crippen LogP contribution in [0.5, 0.6) is 0 Å². The van der Waals surface area contributed by atoms with Crippen LogP contribution in [-0.2, 0) is 15.7 Å². The Morgan fingerprint density at radius 3 is 1.95 bits per heavy atom. The summed E-state index contributed by atoms with van der Waals surface area (Å²) in [6.45, 7) is 11.2. The maximum absolute atomic E-state index is 13.5. The molecule has 3 aromatic rings. The number of benzene rings is 3. The van der Waals surface area contributed by atoms with E-state index >= 15 is 0 Å². The van der Waals surface area contributed by atoms with E-state index in [9.17, 15) is 4.79 Å². The molecule has 5 atom stereocenters. The zero-order valence-electron chi connectivity index (χ0n) is 24.2. The number of likely N-dealkylation sites (tertiary alicyclic amines) is 1. The molecule has 0 aromatic heterocycles. The zero-order chi connectivity index (χ0) is 27.9. The van der Waals surface area contributed by atoms with E-state index in [1.807, 2.05) is 6.92 Å². The number of fused-ring (bicyclic) bond motifs is 2. The van der Waals surface area contributed by atoms with Crippen molar-refractivity contribution >= 4 is 24.8 Å². The normalized spacial score (nSPS) is 26.2. The standard InChI is InChI=1S/C34H42N2O3Si/c1-5-38-33(37)36-29-21-26-22-30(36)32(31(29)35(24-26)23-25-15-9-6-10-16-25)39-40(34(2,3)4,27-17-11-7-12-18-27)28-19-13-8-14-20-28/h6-20,26,29-32H,5,21-24H2,1-4H3/t26-,29-,30+,31?,32+/m0/s1. The van der Waals surface area contributed by atoms with E-state index in [1.54, 1.807) is 0 Å². The molecule has 3 aliphatic rings. The van der Waals surface area contributed by atoms with Gasteiger partial charge in [-0.05, 0) is 46.7 Å². The lowest BCUT2D eigenvalue weighted by molar-refractivity contribution is 0.00795. The number of ether oxygens (including phenoxy) is 1. The highest BCUT2D eigenvalue weighted by Gasteiger charge is 2.63. The first kappa shape index (κ1) is 27.2. The number of piperidine rings is 2. The summed E-state index contributed by atoms with van der Waals surface area (Å²) in [6.07, 6.45) is 1.69. The Morgan fingerprint density at radius 2 is 1.40 bits per heavy atom. The molecular weight excluding hydrogens is 512 g/mol. The summed E-state index contributed by atoms with van der Waals surface area (Å²) in [4.78, 5) is 18.2. The minimum Gasteiger partial charge on any atom is -0.450 e. The predicted octanol–water partition coefficient (Wildman–Crippen LogP) is 5.44. The van der Waals surface area contributed by atoms with Gasteiger partial charge in [-0.2, -0.15) is 0 Å². The third kappa shape index (κ3) is 4.60. The van der Waals surface area contributed by atoms with E-state index in [1.165, 1.54) is 15.9 Å². The number of hydrogen-bond donors (Lipinski definition) is 0. The Hall–Kier alpha value is -2.93. The fourth-order valence-electron chi connectivity index (χ4n) is 7.85. The second-order valence-electron chi connectivity index (χ2n) is 12.7. The maximum Gasteiger partial charge on any atom is 0.410 e. The van der Waals surface area contributed by atoms with Gasteiger partial charge in [0.15, 0.2) is 0 Å². The lowest BCUT2D eigenvalue weighted by Crippen LogP contribution is -2.69. The van der Waals surface area contributed by atoms with Crippen LogP contribution in [0, 0.1) is 5.92 Å². The van der Waals surface area contributed by atoms with E-state index in [0.29, 0.717) is 12.5 Å². The second kappa shape index (κ2) is 10.8. The summed E-state index contributed by atoms with van der Waals surface area (Å²) in [7, 11) is -2.82. The zero-order valence-corrected chi connectivity index (χ0v) is 25.2. The SMILES string of the molecule is CCOC(=O)N1[C@@H]2C[C@@H]3C[C@H]1C([C@@H]2O[Si](c1ccccc1)(c1ccccc1)C(C)(C)C)N(Cc1ccccc1)C3. The van der Waals surface area contributed by atoms with Gasteiger partial charge in [-0.25, -0.2) is 4.79 Å². The summed E-state index contributed by atoms with van der Waals surface area (Å²) in [5, 5.41) is 2.42. The highest BCUT2D eigenvalue weighted by Crippen LogP contribution is 2.50. The lowest BCUT2D eigenvalue weighted by Gasteiger charge is -2.47. The van der Waals surface area contributed by atoms with Crippen molar-refractivity contribution in [3.8, 4) is 0 Å². The van der Waals surface area contributed by atoms with Crippen LogP contribution in [0.3, 0.4) is 0 Å². The molecule has 3 saturated heterocycles. The highest BCUT2D eigenvalue weighted by atomic mass is 28.4. The summed E-state index contributed by atoms with van der Waals surface area (Å²) >= 11 is 0. The molecule has 3 fully saturated rings. The van der Waals surface area contributed by atoms with E-state index in [4.69, 9.17) is 9.16 Å². The third-order valence-electron chi connectivity index (χ3n) is 9.33. The number of hydrogen-bond acceptors (Lipinski definition) is 4. The monoisotopic (exact) mass is 554 g/mol. The molecule has 6 heteroatoms. The van der Waals surface area contributed by atoms with E-state index in [0.717, 1.165) is 25.9 Å². The molecule has 0 aliphatic carbocycles. The van der Waals surface area contributed by atoms with Gasteiger partial charge in [0.25, 0.3) is 8.32 Å². The molecule has 0 spiro atoms. The van der Waals surface area contributed by atoms with Gasteiger partial charge >= 0.3 is 6.09 Å². The molecule has 0 radical (unpaired) electrons. The van der Waals surface area contributed by atoms with Crippen LogP contribution in [0.4, 0.5) is 4.79 Å². The van der Waals surface area contributed by atoms with Gasteiger partial charge in [0.2, 0.25) is 0 Å². The Kier molecular flexibility index (Phi) is 7.36.